The topological polar surface area (TPSA) is 35.2 Å². The molecule has 0 aliphatic heterocycles. The highest BCUT2D eigenvalue weighted by atomic mass is 79.9. The number of ether oxygens (including phenoxy) is 1. The summed E-state index contributed by atoms with van der Waals surface area (Å²) in [4.78, 5) is 0. The average molecular weight is 393 g/mol. The lowest BCUT2D eigenvalue weighted by molar-refractivity contribution is 0.340. The average Bonchev–Trinajstić information content (AvgIpc) is 2.41. The molecule has 0 aliphatic carbocycles. The number of benzene rings is 2. The van der Waals surface area contributed by atoms with E-state index < -0.39 is 6.04 Å². The zero-order valence-corrected chi connectivity index (χ0v) is 14.3. The van der Waals surface area contributed by atoms with Gasteiger partial charge in [-0.1, -0.05) is 39.1 Å². The van der Waals surface area contributed by atoms with E-state index in [4.69, 9.17) is 33.7 Å². The molecule has 0 aromatic heterocycles. The molecule has 0 fully saturated rings. The third-order valence-corrected chi connectivity index (χ3v) is 4.01. The van der Waals surface area contributed by atoms with E-state index in [-0.39, 0.29) is 5.82 Å². The summed E-state index contributed by atoms with van der Waals surface area (Å²) in [5, 5.41) is 0.845. The number of hydrogen-bond donors (Lipinski definition) is 1. The lowest BCUT2D eigenvalue weighted by Crippen LogP contribution is -2.13. The third kappa shape index (κ3) is 3.89. The van der Waals surface area contributed by atoms with Crippen LogP contribution in [0.25, 0.3) is 0 Å². The minimum Gasteiger partial charge on any atom is -0.492 e. The van der Waals surface area contributed by atoms with Crippen LogP contribution >= 0.6 is 39.1 Å². The van der Waals surface area contributed by atoms with Gasteiger partial charge in [0.2, 0.25) is 0 Å². The van der Waals surface area contributed by atoms with Gasteiger partial charge < -0.3 is 10.5 Å². The van der Waals surface area contributed by atoms with E-state index >= 15 is 0 Å². The van der Waals surface area contributed by atoms with Gasteiger partial charge in [-0.3, -0.25) is 0 Å². The van der Waals surface area contributed by atoms with Crippen molar-refractivity contribution in [2.24, 2.45) is 5.73 Å². The molecule has 0 bridgehead atoms. The van der Waals surface area contributed by atoms with Crippen LogP contribution in [0.2, 0.25) is 10.0 Å². The first-order valence-corrected chi connectivity index (χ1v) is 7.80. The lowest BCUT2D eigenvalue weighted by atomic mass is 9.99. The monoisotopic (exact) mass is 391 g/mol. The van der Waals surface area contributed by atoms with Crippen LogP contribution in [-0.4, -0.2) is 6.61 Å². The highest BCUT2D eigenvalue weighted by Gasteiger charge is 2.17. The molecule has 0 saturated heterocycles. The van der Waals surface area contributed by atoms with Crippen molar-refractivity contribution in [3.05, 3.63) is 61.8 Å². The molecule has 1 atom stereocenters. The predicted octanol–water partition coefficient (Wildman–Crippen LogP) is 5.34. The summed E-state index contributed by atoms with van der Waals surface area (Å²) in [6, 6.07) is 7.17. The number of rotatable bonds is 4. The Balaban J connectivity index is 2.43. The van der Waals surface area contributed by atoms with E-state index in [1.165, 1.54) is 12.1 Å². The maximum Gasteiger partial charge on any atom is 0.139 e. The highest BCUT2D eigenvalue weighted by Crippen LogP contribution is 2.36. The molecule has 0 radical (unpaired) electrons. The summed E-state index contributed by atoms with van der Waals surface area (Å²) in [5.41, 5.74) is 7.39. The second kappa shape index (κ2) is 6.97. The van der Waals surface area contributed by atoms with Gasteiger partial charge in [0.25, 0.3) is 0 Å². The standard InChI is InChI=1S/C15H13BrCl2FNO/c1-2-21-14-7-12(17)11(6-13(14)18)15(20)8-3-9(16)5-10(19)4-8/h3-7,15H,2,20H2,1H3. The molecule has 2 N–H and O–H groups in total. The summed E-state index contributed by atoms with van der Waals surface area (Å²) in [6.07, 6.45) is 0. The molecule has 0 spiro atoms. The van der Waals surface area contributed by atoms with E-state index in [0.29, 0.717) is 38.0 Å². The summed E-state index contributed by atoms with van der Waals surface area (Å²) < 4.78 is 19.5. The summed E-state index contributed by atoms with van der Waals surface area (Å²) in [6.45, 7) is 2.34. The van der Waals surface area contributed by atoms with Gasteiger partial charge in [0.1, 0.15) is 11.6 Å². The fourth-order valence-corrected chi connectivity index (χ4v) is 2.96. The zero-order chi connectivity index (χ0) is 15.6. The fourth-order valence-electron chi connectivity index (χ4n) is 1.98. The molecule has 0 heterocycles. The summed E-state index contributed by atoms with van der Waals surface area (Å²) in [7, 11) is 0. The first-order chi connectivity index (χ1) is 9.92. The second-order valence-electron chi connectivity index (χ2n) is 4.42. The SMILES string of the molecule is CCOc1cc(Cl)c(C(N)c2cc(F)cc(Br)c2)cc1Cl. The number of halogens is 4. The van der Waals surface area contributed by atoms with Crippen LogP contribution in [0.3, 0.4) is 0 Å². The van der Waals surface area contributed by atoms with Crippen molar-refractivity contribution in [1.82, 2.24) is 0 Å². The zero-order valence-electron chi connectivity index (χ0n) is 11.2. The van der Waals surface area contributed by atoms with Crippen LogP contribution < -0.4 is 10.5 Å². The van der Waals surface area contributed by atoms with Gasteiger partial charge in [-0.15, -0.1) is 0 Å². The first kappa shape index (κ1) is 16.6. The number of hydrogen-bond acceptors (Lipinski definition) is 2. The van der Waals surface area contributed by atoms with Crippen LogP contribution in [-0.2, 0) is 0 Å². The molecule has 2 aromatic carbocycles. The molecule has 0 amide bonds. The largest absolute Gasteiger partial charge is 0.492 e. The van der Waals surface area contributed by atoms with Crippen LogP contribution in [0.1, 0.15) is 24.1 Å². The lowest BCUT2D eigenvalue weighted by Gasteiger charge is -2.17. The predicted molar refractivity (Wildman–Crippen MR) is 87.8 cm³/mol. The Bertz CT molecular complexity index is 646. The normalized spacial score (nSPS) is 12.3. The molecule has 2 nitrogen and oxygen atoms in total. The Hall–Kier alpha value is -0.810. The van der Waals surface area contributed by atoms with Crippen molar-refractivity contribution in [2.75, 3.05) is 6.61 Å². The van der Waals surface area contributed by atoms with Crippen molar-refractivity contribution in [3.63, 3.8) is 0 Å². The van der Waals surface area contributed by atoms with E-state index in [2.05, 4.69) is 15.9 Å². The van der Waals surface area contributed by atoms with Gasteiger partial charge in [-0.25, -0.2) is 4.39 Å². The Kier molecular flexibility index (Phi) is 5.49. The quantitative estimate of drug-likeness (QED) is 0.761. The summed E-state index contributed by atoms with van der Waals surface area (Å²) in [5.74, 6) is 0.128. The highest BCUT2D eigenvalue weighted by molar-refractivity contribution is 9.10. The van der Waals surface area contributed by atoms with Crippen molar-refractivity contribution < 1.29 is 9.13 Å². The molecular formula is C15H13BrCl2FNO. The molecule has 1 unspecified atom stereocenters. The fraction of sp³-hybridized carbons (Fsp3) is 0.200. The molecule has 21 heavy (non-hydrogen) atoms. The smallest absolute Gasteiger partial charge is 0.139 e. The van der Waals surface area contributed by atoms with E-state index in [1.54, 1.807) is 18.2 Å². The van der Waals surface area contributed by atoms with Crippen molar-refractivity contribution >= 4 is 39.1 Å². The Labute approximate surface area is 141 Å². The maximum absolute atomic E-state index is 13.5. The Morgan fingerprint density at radius 2 is 1.90 bits per heavy atom. The Morgan fingerprint density at radius 1 is 1.19 bits per heavy atom. The van der Waals surface area contributed by atoms with E-state index in [0.717, 1.165) is 0 Å². The maximum atomic E-state index is 13.5. The van der Waals surface area contributed by atoms with Gasteiger partial charge >= 0.3 is 0 Å². The minimum absolute atomic E-state index is 0.372. The van der Waals surface area contributed by atoms with Gasteiger partial charge in [0.05, 0.1) is 17.7 Å². The molecule has 0 aliphatic rings. The van der Waals surface area contributed by atoms with Crippen LogP contribution in [0.5, 0.6) is 5.75 Å². The molecular weight excluding hydrogens is 380 g/mol. The molecule has 6 heteroatoms. The van der Waals surface area contributed by atoms with Crippen LogP contribution in [0.4, 0.5) is 4.39 Å². The van der Waals surface area contributed by atoms with Gasteiger partial charge in [0.15, 0.2) is 0 Å². The number of nitrogens with two attached hydrogens (primary N) is 1. The van der Waals surface area contributed by atoms with Crippen molar-refractivity contribution in [1.29, 1.82) is 0 Å². The van der Waals surface area contributed by atoms with Crippen LogP contribution in [0.15, 0.2) is 34.8 Å². The van der Waals surface area contributed by atoms with E-state index in [1.807, 2.05) is 6.92 Å². The second-order valence-corrected chi connectivity index (χ2v) is 6.15. The van der Waals surface area contributed by atoms with Gasteiger partial charge in [0, 0.05) is 15.6 Å². The Morgan fingerprint density at radius 3 is 2.52 bits per heavy atom. The van der Waals surface area contributed by atoms with E-state index in [9.17, 15) is 4.39 Å². The molecule has 112 valence electrons. The third-order valence-electron chi connectivity index (χ3n) is 2.93. The minimum atomic E-state index is -0.585. The van der Waals surface area contributed by atoms with Crippen molar-refractivity contribution in [3.8, 4) is 5.75 Å². The summed E-state index contributed by atoms with van der Waals surface area (Å²) >= 11 is 15.6. The van der Waals surface area contributed by atoms with Crippen LogP contribution in [0, 0.1) is 5.82 Å². The first-order valence-electron chi connectivity index (χ1n) is 6.25. The molecule has 2 aromatic rings. The molecule has 0 saturated carbocycles. The van der Waals surface area contributed by atoms with Crippen molar-refractivity contribution in [2.45, 2.75) is 13.0 Å². The molecule has 2 rings (SSSR count). The van der Waals surface area contributed by atoms with Gasteiger partial charge in [-0.2, -0.15) is 0 Å². The van der Waals surface area contributed by atoms with Gasteiger partial charge in [-0.05, 0) is 42.3 Å².